The molecule has 0 aliphatic heterocycles. The predicted octanol–water partition coefficient (Wildman–Crippen LogP) is 4.38. The zero-order valence-corrected chi connectivity index (χ0v) is 19.1. The minimum atomic E-state index is -4.71. The summed E-state index contributed by atoms with van der Waals surface area (Å²) in [5.41, 5.74) is 0.415. The highest BCUT2D eigenvalue weighted by Gasteiger charge is 2.31. The molecule has 28 heavy (non-hydrogen) atoms. The van der Waals surface area contributed by atoms with Gasteiger partial charge in [-0.15, -0.1) is 37.1 Å². The molecule has 1 aromatic rings. The topological polar surface area (TPSA) is 48.9 Å². The first-order chi connectivity index (χ1) is 12.8. The molecule has 0 radical (unpaired) electrons. The zero-order chi connectivity index (χ0) is 20.1. The first-order valence-electron chi connectivity index (χ1n) is 9.24. The first kappa shape index (κ1) is 26.8. The lowest BCUT2D eigenvalue weighted by Gasteiger charge is -2.15. The number of alkyl halides is 3. The van der Waals surface area contributed by atoms with E-state index in [4.69, 9.17) is 0 Å². The number of unbranched alkanes of at least 4 members (excludes halogenated alkanes) is 4. The van der Waals surface area contributed by atoms with Crippen molar-refractivity contribution in [3.05, 3.63) is 29.8 Å². The van der Waals surface area contributed by atoms with Crippen LogP contribution in [-0.4, -0.2) is 51.5 Å². The summed E-state index contributed by atoms with van der Waals surface area (Å²) in [5.74, 6) is 0.357. The molecule has 1 aromatic carbocycles. The van der Waals surface area contributed by atoms with Gasteiger partial charge in [-0.3, -0.25) is 4.99 Å². The lowest BCUT2D eigenvalue weighted by atomic mass is 10.1. The van der Waals surface area contributed by atoms with E-state index in [1.165, 1.54) is 31.4 Å². The van der Waals surface area contributed by atoms with Crippen LogP contribution in [0.2, 0.25) is 0 Å². The molecule has 162 valence electrons. The molecule has 0 bridgehead atoms. The summed E-state index contributed by atoms with van der Waals surface area (Å²) in [7, 11) is 5.79. The lowest BCUT2D eigenvalue weighted by Crippen LogP contribution is -2.37. The Labute approximate surface area is 183 Å². The number of hydrogen-bond donors (Lipinski definition) is 2. The summed E-state index contributed by atoms with van der Waals surface area (Å²) >= 11 is 0. The maximum atomic E-state index is 12.5. The number of ether oxygens (including phenoxy) is 1. The predicted molar refractivity (Wildman–Crippen MR) is 118 cm³/mol. The van der Waals surface area contributed by atoms with Crippen LogP contribution in [0.3, 0.4) is 0 Å². The third-order valence-corrected chi connectivity index (χ3v) is 3.94. The molecular weight excluding hydrogens is 484 g/mol. The van der Waals surface area contributed by atoms with Crippen LogP contribution in [0, 0.1) is 0 Å². The number of nitrogens with one attached hydrogen (secondary N) is 2. The van der Waals surface area contributed by atoms with Gasteiger partial charge in [-0.1, -0.05) is 37.5 Å². The van der Waals surface area contributed by atoms with E-state index in [1.807, 2.05) is 0 Å². The van der Waals surface area contributed by atoms with Crippen molar-refractivity contribution in [2.45, 2.75) is 45.0 Å². The van der Waals surface area contributed by atoms with Crippen LogP contribution in [0.5, 0.6) is 5.75 Å². The molecule has 9 heteroatoms. The van der Waals surface area contributed by atoms with Crippen LogP contribution in [0.4, 0.5) is 13.2 Å². The van der Waals surface area contributed by atoms with E-state index in [-0.39, 0.29) is 36.3 Å². The summed E-state index contributed by atoms with van der Waals surface area (Å²) in [6.07, 6.45) is 1.09. The normalized spacial score (nSPS) is 11.9. The number of rotatable bonds is 11. The van der Waals surface area contributed by atoms with E-state index in [1.54, 1.807) is 19.2 Å². The lowest BCUT2D eigenvalue weighted by molar-refractivity contribution is -0.274. The maximum Gasteiger partial charge on any atom is 0.573 e. The average Bonchev–Trinajstić information content (AvgIpc) is 2.59. The number of guanidine groups is 1. The third-order valence-electron chi connectivity index (χ3n) is 3.94. The summed E-state index contributed by atoms with van der Waals surface area (Å²) in [5, 5.41) is 6.21. The van der Waals surface area contributed by atoms with Crippen molar-refractivity contribution in [3.8, 4) is 5.75 Å². The number of aliphatic imine (C=N–C) groups is 1. The third kappa shape index (κ3) is 13.0. The maximum absolute atomic E-state index is 12.5. The molecule has 0 aromatic heterocycles. The smallest absolute Gasteiger partial charge is 0.405 e. The van der Waals surface area contributed by atoms with Gasteiger partial charge in [0.1, 0.15) is 5.75 Å². The van der Waals surface area contributed by atoms with Crippen LogP contribution in [-0.2, 0) is 6.54 Å². The van der Waals surface area contributed by atoms with Crippen molar-refractivity contribution in [1.29, 1.82) is 0 Å². The summed E-state index contributed by atoms with van der Waals surface area (Å²) < 4.78 is 41.4. The molecule has 0 atom stereocenters. The van der Waals surface area contributed by atoms with Crippen molar-refractivity contribution < 1.29 is 17.9 Å². The Morgan fingerprint density at radius 1 is 1.04 bits per heavy atom. The Morgan fingerprint density at radius 2 is 1.68 bits per heavy atom. The quantitative estimate of drug-likeness (QED) is 0.199. The molecule has 1 rings (SSSR count). The molecule has 0 unspecified atom stereocenters. The van der Waals surface area contributed by atoms with Gasteiger partial charge in [-0.2, -0.15) is 0 Å². The zero-order valence-electron chi connectivity index (χ0n) is 16.8. The number of para-hydroxylation sites is 1. The monoisotopic (exact) mass is 516 g/mol. The molecule has 0 amide bonds. The molecule has 0 fully saturated rings. The fourth-order valence-corrected chi connectivity index (χ4v) is 2.56. The van der Waals surface area contributed by atoms with Gasteiger partial charge in [-0.25, -0.2) is 0 Å². The van der Waals surface area contributed by atoms with Crippen LogP contribution < -0.4 is 15.4 Å². The number of benzene rings is 1. The molecule has 0 saturated heterocycles. The molecule has 0 aliphatic carbocycles. The Morgan fingerprint density at radius 3 is 2.32 bits per heavy atom. The Bertz CT molecular complexity index is 568. The summed E-state index contributed by atoms with van der Waals surface area (Å²) in [6, 6.07) is 6.08. The Kier molecular flexibility index (Phi) is 14.1. The van der Waals surface area contributed by atoms with Gasteiger partial charge in [0, 0.05) is 25.7 Å². The molecule has 0 heterocycles. The van der Waals surface area contributed by atoms with Crippen molar-refractivity contribution >= 4 is 29.9 Å². The van der Waals surface area contributed by atoms with Crippen molar-refractivity contribution in [3.63, 3.8) is 0 Å². The Hall–Kier alpha value is -1.23. The van der Waals surface area contributed by atoms with E-state index >= 15 is 0 Å². The number of halogens is 4. The highest BCUT2D eigenvalue weighted by atomic mass is 127. The second-order valence-corrected chi connectivity index (χ2v) is 6.58. The standard InChI is InChI=1S/C19H31F3N4O.HI/c1-23-18(24-13-9-5-4-6-10-14-26(2)3)25-15-16-11-7-8-12-17(16)27-19(20,21)22;/h7-8,11-12H,4-6,9-10,13-15H2,1-3H3,(H2,23,24,25);1H. The highest BCUT2D eigenvalue weighted by molar-refractivity contribution is 14.0. The number of hydrogen-bond acceptors (Lipinski definition) is 3. The molecule has 2 N–H and O–H groups in total. The fourth-order valence-electron chi connectivity index (χ4n) is 2.56. The van der Waals surface area contributed by atoms with E-state index in [9.17, 15) is 13.2 Å². The van der Waals surface area contributed by atoms with Crippen molar-refractivity contribution in [2.75, 3.05) is 34.2 Å². The second kappa shape index (κ2) is 14.7. The summed E-state index contributed by atoms with van der Waals surface area (Å²) in [6.45, 7) is 2.08. The largest absolute Gasteiger partial charge is 0.573 e. The van der Waals surface area contributed by atoms with Gasteiger partial charge >= 0.3 is 6.36 Å². The van der Waals surface area contributed by atoms with Crippen molar-refractivity contribution in [1.82, 2.24) is 15.5 Å². The van der Waals surface area contributed by atoms with Gasteiger partial charge in [0.05, 0.1) is 0 Å². The van der Waals surface area contributed by atoms with E-state index in [0.29, 0.717) is 11.5 Å². The molecule has 0 spiro atoms. The van der Waals surface area contributed by atoms with Gasteiger partial charge in [0.15, 0.2) is 5.96 Å². The van der Waals surface area contributed by atoms with Crippen LogP contribution >= 0.6 is 24.0 Å². The van der Waals surface area contributed by atoms with E-state index in [2.05, 4.69) is 39.4 Å². The van der Waals surface area contributed by atoms with Crippen LogP contribution in [0.1, 0.15) is 37.7 Å². The molecule has 0 saturated carbocycles. The fraction of sp³-hybridized carbons (Fsp3) is 0.632. The Balaban J connectivity index is 0.00000729. The van der Waals surface area contributed by atoms with Crippen LogP contribution in [0.25, 0.3) is 0 Å². The highest BCUT2D eigenvalue weighted by Crippen LogP contribution is 2.25. The van der Waals surface area contributed by atoms with Gasteiger partial charge in [0.25, 0.3) is 0 Å². The van der Waals surface area contributed by atoms with Gasteiger partial charge in [0.2, 0.25) is 0 Å². The molecule has 5 nitrogen and oxygen atoms in total. The minimum Gasteiger partial charge on any atom is -0.405 e. The number of nitrogens with zero attached hydrogens (tertiary/aromatic N) is 2. The molecule has 0 aliphatic rings. The second-order valence-electron chi connectivity index (χ2n) is 6.58. The average molecular weight is 516 g/mol. The summed E-state index contributed by atoms with van der Waals surface area (Å²) in [4.78, 5) is 6.29. The van der Waals surface area contributed by atoms with E-state index < -0.39 is 6.36 Å². The van der Waals surface area contributed by atoms with Gasteiger partial charge < -0.3 is 20.3 Å². The molecular formula is C19H32F3IN4O. The van der Waals surface area contributed by atoms with Gasteiger partial charge in [-0.05, 0) is 39.5 Å². The van der Waals surface area contributed by atoms with Crippen molar-refractivity contribution in [2.24, 2.45) is 4.99 Å². The minimum absolute atomic E-state index is 0. The SMILES string of the molecule is CN=C(NCCCCCCCN(C)C)NCc1ccccc1OC(F)(F)F.I. The first-order valence-corrected chi connectivity index (χ1v) is 9.24. The van der Waals surface area contributed by atoms with E-state index in [0.717, 1.165) is 25.9 Å². The van der Waals surface area contributed by atoms with Crippen LogP contribution in [0.15, 0.2) is 29.3 Å².